The first kappa shape index (κ1) is 17.5. The summed E-state index contributed by atoms with van der Waals surface area (Å²) < 4.78 is 0. The summed E-state index contributed by atoms with van der Waals surface area (Å²) in [5.41, 5.74) is 3.94. The van der Waals surface area contributed by atoms with Crippen LogP contribution in [-0.2, 0) is 13.0 Å². The Morgan fingerprint density at radius 1 is 1.24 bits per heavy atom. The third-order valence-electron chi connectivity index (χ3n) is 4.77. The number of hydrogen-bond donors (Lipinski definition) is 1. The number of aromatic nitrogens is 2. The molecule has 0 aromatic carbocycles. The fraction of sp³-hybridized carbons (Fsp3) is 0.450. The van der Waals surface area contributed by atoms with Crippen LogP contribution in [0.3, 0.4) is 0 Å². The van der Waals surface area contributed by atoms with Gasteiger partial charge >= 0.3 is 0 Å². The van der Waals surface area contributed by atoms with Gasteiger partial charge in [0.2, 0.25) is 0 Å². The fourth-order valence-electron chi connectivity index (χ4n) is 3.15. The molecule has 1 aliphatic heterocycles. The highest BCUT2D eigenvalue weighted by Crippen LogP contribution is 2.18. The number of amides is 1. The van der Waals surface area contributed by atoms with Gasteiger partial charge in [-0.3, -0.25) is 19.7 Å². The average molecular weight is 338 g/mol. The number of carbonyl (C=O) groups is 1. The Morgan fingerprint density at radius 3 is 2.80 bits per heavy atom. The number of carbonyl (C=O) groups excluding carboxylic acids is 1. The minimum Gasteiger partial charge on any atom is -0.352 e. The maximum atomic E-state index is 12.2. The minimum absolute atomic E-state index is 0.0391. The SMILES string of the molecule is CCc1ccc(CN2CC[C@H](CNC(=O)c3ccc(C)nc3)C2)nc1. The first-order chi connectivity index (χ1) is 12.1. The molecule has 0 radical (unpaired) electrons. The zero-order valence-corrected chi connectivity index (χ0v) is 15.0. The van der Waals surface area contributed by atoms with Gasteiger partial charge in [0.05, 0.1) is 11.3 Å². The molecule has 3 rings (SSSR count). The highest BCUT2D eigenvalue weighted by molar-refractivity contribution is 5.93. The molecule has 1 aliphatic rings. The van der Waals surface area contributed by atoms with Crippen LogP contribution in [0.25, 0.3) is 0 Å². The smallest absolute Gasteiger partial charge is 0.252 e. The number of rotatable bonds is 6. The zero-order chi connectivity index (χ0) is 17.6. The summed E-state index contributed by atoms with van der Waals surface area (Å²) in [4.78, 5) is 23.3. The molecule has 1 atom stereocenters. The second-order valence-corrected chi connectivity index (χ2v) is 6.80. The van der Waals surface area contributed by atoms with Crippen LogP contribution >= 0.6 is 0 Å². The predicted molar refractivity (Wildman–Crippen MR) is 98.3 cm³/mol. The molecule has 2 aromatic heterocycles. The fourth-order valence-corrected chi connectivity index (χ4v) is 3.15. The standard InChI is InChI=1S/C20H26N4O/c1-3-16-5-7-19(22-10-16)14-24-9-8-17(13-24)11-23-20(25)18-6-4-15(2)21-12-18/h4-7,10,12,17H,3,8-9,11,13-14H2,1-2H3,(H,23,25)/t17-/m1/s1. The Kier molecular flexibility index (Phi) is 5.76. The Hall–Kier alpha value is -2.27. The summed E-state index contributed by atoms with van der Waals surface area (Å²) >= 11 is 0. The number of aryl methyl sites for hydroxylation is 2. The Morgan fingerprint density at radius 2 is 2.12 bits per heavy atom. The topological polar surface area (TPSA) is 58.1 Å². The molecule has 1 saturated heterocycles. The molecular weight excluding hydrogens is 312 g/mol. The van der Waals surface area contributed by atoms with Crippen molar-refractivity contribution in [2.75, 3.05) is 19.6 Å². The van der Waals surface area contributed by atoms with Gasteiger partial charge in [-0.1, -0.05) is 13.0 Å². The van der Waals surface area contributed by atoms with Crippen molar-refractivity contribution in [3.8, 4) is 0 Å². The van der Waals surface area contributed by atoms with E-state index >= 15 is 0 Å². The first-order valence-electron chi connectivity index (χ1n) is 9.01. The van der Waals surface area contributed by atoms with Gasteiger partial charge in [-0.2, -0.15) is 0 Å². The Bertz CT molecular complexity index is 697. The van der Waals surface area contributed by atoms with Gasteiger partial charge in [-0.15, -0.1) is 0 Å². The Balaban J connectivity index is 1.44. The van der Waals surface area contributed by atoms with Gasteiger partial charge in [-0.05, 0) is 56.0 Å². The highest BCUT2D eigenvalue weighted by atomic mass is 16.1. The third kappa shape index (κ3) is 4.86. The molecule has 5 nitrogen and oxygen atoms in total. The lowest BCUT2D eigenvalue weighted by atomic mass is 10.1. The van der Waals surface area contributed by atoms with Crippen LogP contribution in [0, 0.1) is 12.8 Å². The number of likely N-dealkylation sites (tertiary alicyclic amines) is 1. The van der Waals surface area contributed by atoms with E-state index in [2.05, 4.69) is 39.2 Å². The van der Waals surface area contributed by atoms with E-state index in [0.717, 1.165) is 43.9 Å². The van der Waals surface area contributed by atoms with Crippen molar-refractivity contribution in [2.45, 2.75) is 33.2 Å². The van der Waals surface area contributed by atoms with E-state index in [1.54, 1.807) is 6.20 Å². The van der Waals surface area contributed by atoms with E-state index in [9.17, 15) is 4.79 Å². The monoisotopic (exact) mass is 338 g/mol. The lowest BCUT2D eigenvalue weighted by molar-refractivity contribution is 0.0947. The van der Waals surface area contributed by atoms with Crippen LogP contribution in [0.4, 0.5) is 0 Å². The molecule has 5 heteroatoms. The van der Waals surface area contributed by atoms with Gasteiger partial charge < -0.3 is 5.32 Å². The molecule has 0 bridgehead atoms. The average Bonchev–Trinajstić information content (AvgIpc) is 3.08. The molecule has 3 heterocycles. The van der Waals surface area contributed by atoms with Crippen LogP contribution in [0.15, 0.2) is 36.7 Å². The van der Waals surface area contributed by atoms with E-state index in [0.29, 0.717) is 18.0 Å². The molecule has 0 unspecified atom stereocenters. The van der Waals surface area contributed by atoms with Gasteiger partial charge in [0.1, 0.15) is 0 Å². The van der Waals surface area contributed by atoms with Crippen molar-refractivity contribution in [2.24, 2.45) is 5.92 Å². The lowest BCUT2D eigenvalue weighted by Gasteiger charge is -2.16. The van der Waals surface area contributed by atoms with Gasteiger partial charge in [-0.25, -0.2) is 0 Å². The molecule has 1 amide bonds. The lowest BCUT2D eigenvalue weighted by Crippen LogP contribution is -2.31. The molecule has 0 saturated carbocycles. The van der Waals surface area contributed by atoms with E-state index in [4.69, 9.17) is 0 Å². The van der Waals surface area contributed by atoms with Crippen LogP contribution in [0.2, 0.25) is 0 Å². The first-order valence-corrected chi connectivity index (χ1v) is 9.01. The number of nitrogens with one attached hydrogen (secondary N) is 1. The van der Waals surface area contributed by atoms with Crippen LogP contribution < -0.4 is 5.32 Å². The summed E-state index contributed by atoms with van der Waals surface area (Å²) in [5.74, 6) is 0.458. The van der Waals surface area contributed by atoms with Crippen LogP contribution in [0.1, 0.15) is 40.7 Å². The van der Waals surface area contributed by atoms with Gasteiger partial charge in [0, 0.05) is 37.7 Å². The maximum Gasteiger partial charge on any atom is 0.252 e. The highest BCUT2D eigenvalue weighted by Gasteiger charge is 2.23. The maximum absolute atomic E-state index is 12.2. The number of hydrogen-bond acceptors (Lipinski definition) is 4. The second-order valence-electron chi connectivity index (χ2n) is 6.80. The number of pyridine rings is 2. The molecular formula is C20H26N4O. The molecule has 1 N–H and O–H groups in total. The van der Waals surface area contributed by atoms with E-state index in [1.165, 1.54) is 5.56 Å². The van der Waals surface area contributed by atoms with Crippen molar-refractivity contribution in [1.29, 1.82) is 0 Å². The van der Waals surface area contributed by atoms with Crippen LogP contribution in [0.5, 0.6) is 0 Å². The summed E-state index contributed by atoms with van der Waals surface area (Å²) in [7, 11) is 0. The molecule has 0 aliphatic carbocycles. The van der Waals surface area contributed by atoms with E-state index in [1.807, 2.05) is 25.3 Å². The van der Waals surface area contributed by atoms with Crippen molar-refractivity contribution >= 4 is 5.91 Å². The van der Waals surface area contributed by atoms with Gasteiger partial charge in [0.15, 0.2) is 0 Å². The molecule has 132 valence electrons. The molecule has 2 aromatic rings. The second kappa shape index (κ2) is 8.21. The molecule has 1 fully saturated rings. The summed E-state index contributed by atoms with van der Waals surface area (Å²) in [6, 6.07) is 7.97. The quantitative estimate of drug-likeness (QED) is 0.879. The van der Waals surface area contributed by atoms with Crippen molar-refractivity contribution in [3.63, 3.8) is 0 Å². The largest absolute Gasteiger partial charge is 0.352 e. The molecule has 25 heavy (non-hydrogen) atoms. The van der Waals surface area contributed by atoms with E-state index < -0.39 is 0 Å². The number of nitrogens with zero attached hydrogens (tertiary/aromatic N) is 3. The third-order valence-corrected chi connectivity index (χ3v) is 4.77. The van der Waals surface area contributed by atoms with Crippen molar-refractivity contribution < 1.29 is 4.79 Å². The molecule has 0 spiro atoms. The minimum atomic E-state index is -0.0391. The summed E-state index contributed by atoms with van der Waals surface area (Å²) in [5, 5.41) is 3.04. The van der Waals surface area contributed by atoms with E-state index in [-0.39, 0.29) is 5.91 Å². The Labute approximate surface area is 149 Å². The zero-order valence-electron chi connectivity index (χ0n) is 15.0. The summed E-state index contributed by atoms with van der Waals surface area (Å²) in [6.07, 6.45) is 5.74. The predicted octanol–water partition coefficient (Wildman–Crippen LogP) is 2.60. The van der Waals surface area contributed by atoms with Gasteiger partial charge in [0.25, 0.3) is 5.91 Å². The van der Waals surface area contributed by atoms with Crippen LogP contribution in [-0.4, -0.2) is 40.4 Å². The van der Waals surface area contributed by atoms with Crippen molar-refractivity contribution in [3.05, 3.63) is 59.2 Å². The summed E-state index contributed by atoms with van der Waals surface area (Å²) in [6.45, 7) is 7.72. The normalized spacial score (nSPS) is 17.6. The van der Waals surface area contributed by atoms with Crippen molar-refractivity contribution in [1.82, 2.24) is 20.2 Å².